The van der Waals surface area contributed by atoms with E-state index in [0.29, 0.717) is 0 Å². The Morgan fingerprint density at radius 3 is 1.29 bits per heavy atom. The predicted molar refractivity (Wildman–Crippen MR) is 35.6 cm³/mol. The minimum Gasteiger partial charge on any atom is -0.310 e. The van der Waals surface area contributed by atoms with Crippen LogP contribution >= 0.6 is 0 Å². The maximum absolute atomic E-state index is 2.12. The summed E-state index contributed by atoms with van der Waals surface area (Å²) in [5, 5.41) is 0. The van der Waals surface area contributed by atoms with Crippen LogP contribution in [-0.4, -0.2) is 25.5 Å². The molecule has 0 unspecified atom stereocenters. The maximum Gasteiger partial charge on any atom is -0.00533 e. The first-order chi connectivity index (χ1) is 3.27. The summed E-state index contributed by atoms with van der Waals surface area (Å²) in [4.78, 5) is 2.12. The van der Waals surface area contributed by atoms with E-state index >= 15 is 0 Å². The minimum absolute atomic E-state index is 1.14. The van der Waals surface area contributed by atoms with Gasteiger partial charge < -0.3 is 4.90 Å². The van der Waals surface area contributed by atoms with E-state index in [1.54, 1.807) is 0 Å². The van der Waals surface area contributed by atoms with Crippen LogP contribution in [0.15, 0.2) is 0 Å². The molecule has 0 spiro atoms. The third-order valence-electron chi connectivity index (χ3n) is 0.632. The standard InChI is InChI=1S/C4H11N.C2H6/c1-4-5(2)3;1-2/h4H2,1-3H3;1-2H3. The minimum atomic E-state index is 1.14. The van der Waals surface area contributed by atoms with Crippen molar-refractivity contribution in [3.8, 4) is 0 Å². The van der Waals surface area contributed by atoms with E-state index in [0.717, 1.165) is 6.54 Å². The molecule has 0 atom stereocenters. The van der Waals surface area contributed by atoms with Gasteiger partial charge in [-0.15, -0.1) is 0 Å². The van der Waals surface area contributed by atoms with Crippen LogP contribution in [0, 0.1) is 0 Å². The third kappa shape index (κ3) is 24.3. The molecule has 0 aliphatic heterocycles. The lowest BCUT2D eigenvalue weighted by Crippen LogP contribution is -2.08. The summed E-state index contributed by atoms with van der Waals surface area (Å²) in [5.74, 6) is 0. The van der Waals surface area contributed by atoms with Gasteiger partial charge in [-0.25, -0.2) is 0 Å². The fraction of sp³-hybridized carbons (Fsp3) is 1.00. The molecule has 0 aromatic carbocycles. The van der Waals surface area contributed by atoms with Crippen molar-refractivity contribution >= 4 is 0 Å². The van der Waals surface area contributed by atoms with Gasteiger partial charge in [0.15, 0.2) is 0 Å². The smallest absolute Gasteiger partial charge is 0.00533 e. The van der Waals surface area contributed by atoms with Gasteiger partial charge in [0.2, 0.25) is 0 Å². The molecule has 0 aromatic rings. The third-order valence-corrected chi connectivity index (χ3v) is 0.632. The fourth-order valence-corrected chi connectivity index (χ4v) is 0. The normalized spacial score (nSPS) is 7.71. The lowest BCUT2D eigenvalue weighted by molar-refractivity contribution is 0.434. The van der Waals surface area contributed by atoms with Crippen molar-refractivity contribution in [2.24, 2.45) is 0 Å². The second kappa shape index (κ2) is 9.35. The van der Waals surface area contributed by atoms with Gasteiger partial charge in [0, 0.05) is 0 Å². The summed E-state index contributed by atoms with van der Waals surface area (Å²) < 4.78 is 0. The van der Waals surface area contributed by atoms with E-state index < -0.39 is 0 Å². The van der Waals surface area contributed by atoms with Crippen molar-refractivity contribution in [1.29, 1.82) is 0 Å². The Hall–Kier alpha value is -0.0400. The molecule has 0 radical (unpaired) electrons. The van der Waals surface area contributed by atoms with E-state index in [2.05, 4.69) is 25.9 Å². The summed E-state index contributed by atoms with van der Waals surface area (Å²) in [5.41, 5.74) is 0. The molecule has 0 aromatic heterocycles. The van der Waals surface area contributed by atoms with Gasteiger partial charge in [-0.05, 0) is 20.6 Å². The van der Waals surface area contributed by atoms with Crippen LogP contribution in [0.4, 0.5) is 0 Å². The molecular weight excluding hydrogens is 86.1 g/mol. The maximum atomic E-state index is 2.12. The van der Waals surface area contributed by atoms with E-state index in [1.807, 2.05) is 13.8 Å². The zero-order chi connectivity index (χ0) is 6.28. The molecule has 1 heteroatoms. The zero-order valence-electron chi connectivity index (χ0n) is 6.15. The molecule has 0 heterocycles. The first-order valence-electron chi connectivity index (χ1n) is 2.92. The van der Waals surface area contributed by atoms with E-state index in [4.69, 9.17) is 0 Å². The average Bonchev–Trinajstić information content (AvgIpc) is 1.73. The highest BCUT2D eigenvalue weighted by Gasteiger charge is 1.72. The lowest BCUT2D eigenvalue weighted by Gasteiger charge is -2.00. The molecule has 0 bridgehead atoms. The van der Waals surface area contributed by atoms with Gasteiger partial charge in [0.1, 0.15) is 0 Å². The molecule has 7 heavy (non-hydrogen) atoms. The van der Waals surface area contributed by atoms with Crippen LogP contribution in [0.2, 0.25) is 0 Å². The van der Waals surface area contributed by atoms with Crippen molar-refractivity contribution in [3.63, 3.8) is 0 Å². The van der Waals surface area contributed by atoms with Gasteiger partial charge in [-0.1, -0.05) is 20.8 Å². The molecule has 0 aliphatic carbocycles. The van der Waals surface area contributed by atoms with Crippen LogP contribution in [0.25, 0.3) is 0 Å². The fourth-order valence-electron chi connectivity index (χ4n) is 0. The van der Waals surface area contributed by atoms with Crippen LogP contribution in [0.5, 0.6) is 0 Å². The molecular formula is C6H17N. The Labute approximate surface area is 47.3 Å². The summed E-state index contributed by atoms with van der Waals surface area (Å²) in [7, 11) is 4.11. The van der Waals surface area contributed by atoms with Crippen molar-refractivity contribution in [2.75, 3.05) is 20.6 Å². The Balaban J connectivity index is 0. The SMILES string of the molecule is CC.CCN(C)C. The Morgan fingerprint density at radius 1 is 1.14 bits per heavy atom. The van der Waals surface area contributed by atoms with Gasteiger partial charge in [-0.2, -0.15) is 0 Å². The van der Waals surface area contributed by atoms with Gasteiger partial charge >= 0.3 is 0 Å². The quantitative estimate of drug-likeness (QED) is 0.487. The number of nitrogens with zero attached hydrogens (tertiary/aromatic N) is 1. The van der Waals surface area contributed by atoms with Crippen molar-refractivity contribution in [3.05, 3.63) is 0 Å². The summed E-state index contributed by atoms with van der Waals surface area (Å²) >= 11 is 0. The molecule has 0 rings (SSSR count). The molecule has 1 nitrogen and oxygen atoms in total. The monoisotopic (exact) mass is 103 g/mol. The molecule has 0 amide bonds. The molecule has 0 aliphatic rings. The lowest BCUT2D eigenvalue weighted by atomic mass is 10.7. The molecule has 0 N–H and O–H groups in total. The van der Waals surface area contributed by atoms with Gasteiger partial charge in [0.25, 0.3) is 0 Å². The first kappa shape index (κ1) is 10.0. The van der Waals surface area contributed by atoms with E-state index in [-0.39, 0.29) is 0 Å². The predicted octanol–water partition coefficient (Wildman–Crippen LogP) is 1.59. The van der Waals surface area contributed by atoms with Crippen LogP contribution in [0.3, 0.4) is 0 Å². The Morgan fingerprint density at radius 2 is 1.29 bits per heavy atom. The summed E-state index contributed by atoms with van der Waals surface area (Å²) in [6, 6.07) is 0. The van der Waals surface area contributed by atoms with E-state index in [9.17, 15) is 0 Å². The average molecular weight is 103 g/mol. The summed E-state index contributed by atoms with van der Waals surface area (Å²) in [6.07, 6.45) is 0. The highest BCUT2D eigenvalue weighted by molar-refractivity contribution is 4.25. The second-order valence-corrected chi connectivity index (χ2v) is 1.40. The van der Waals surface area contributed by atoms with Crippen LogP contribution in [-0.2, 0) is 0 Å². The highest BCUT2D eigenvalue weighted by atomic mass is 15.0. The van der Waals surface area contributed by atoms with Crippen molar-refractivity contribution in [2.45, 2.75) is 20.8 Å². The van der Waals surface area contributed by atoms with Crippen molar-refractivity contribution in [1.82, 2.24) is 4.90 Å². The van der Waals surface area contributed by atoms with Crippen LogP contribution in [0.1, 0.15) is 20.8 Å². The zero-order valence-corrected chi connectivity index (χ0v) is 6.15. The molecule has 46 valence electrons. The summed E-state index contributed by atoms with van der Waals surface area (Å²) in [6.45, 7) is 7.26. The Bertz CT molecular complexity index is 18.1. The largest absolute Gasteiger partial charge is 0.310 e. The topological polar surface area (TPSA) is 3.24 Å². The highest BCUT2D eigenvalue weighted by Crippen LogP contribution is 1.63. The molecule has 0 saturated carbocycles. The van der Waals surface area contributed by atoms with Gasteiger partial charge in [-0.3, -0.25) is 0 Å². The van der Waals surface area contributed by atoms with Gasteiger partial charge in [0.05, 0.1) is 0 Å². The molecule has 0 fully saturated rings. The second-order valence-electron chi connectivity index (χ2n) is 1.40. The number of hydrogen-bond donors (Lipinski definition) is 0. The number of rotatable bonds is 1. The first-order valence-corrected chi connectivity index (χ1v) is 2.92. The van der Waals surface area contributed by atoms with Crippen molar-refractivity contribution < 1.29 is 0 Å². The number of hydrogen-bond acceptors (Lipinski definition) is 1. The van der Waals surface area contributed by atoms with E-state index in [1.165, 1.54) is 0 Å². The Kier molecular flexibility index (Phi) is 13.4. The molecule has 0 saturated heterocycles. The van der Waals surface area contributed by atoms with Crippen LogP contribution < -0.4 is 0 Å².